The van der Waals surface area contributed by atoms with Crippen molar-refractivity contribution in [1.82, 2.24) is 10.2 Å². The highest BCUT2D eigenvalue weighted by Crippen LogP contribution is 2.40. The smallest absolute Gasteiger partial charge is 0.319 e. The molecule has 3 amide bonds. The van der Waals surface area contributed by atoms with Gasteiger partial charge in [-0.3, -0.25) is 4.79 Å². The number of hydrogen-bond donors (Lipinski definition) is 2. The van der Waals surface area contributed by atoms with Crippen LogP contribution in [0.15, 0.2) is 24.3 Å². The molecule has 5 nitrogen and oxygen atoms in total. The first-order valence-electron chi connectivity index (χ1n) is 7.97. The van der Waals surface area contributed by atoms with E-state index in [0.717, 1.165) is 5.56 Å². The number of nitrogens with one attached hydrogen (secondary N) is 2. The quantitative estimate of drug-likeness (QED) is 0.835. The largest absolute Gasteiger partial charge is 0.336 e. The van der Waals surface area contributed by atoms with Crippen molar-refractivity contribution >= 4 is 17.6 Å². The number of rotatable bonds is 6. The summed E-state index contributed by atoms with van der Waals surface area (Å²) in [6, 6.07) is 6.44. The minimum absolute atomic E-state index is 0.00619. The Kier molecular flexibility index (Phi) is 5.41. The summed E-state index contributed by atoms with van der Waals surface area (Å²) in [5, 5.41) is 4.89. The van der Waals surface area contributed by atoms with E-state index in [2.05, 4.69) is 10.6 Å². The monoisotopic (exact) mass is 339 g/mol. The third-order valence-corrected chi connectivity index (χ3v) is 4.16. The van der Waals surface area contributed by atoms with Gasteiger partial charge in [0.15, 0.2) is 0 Å². The lowest BCUT2D eigenvalue weighted by molar-refractivity contribution is -0.131. The fourth-order valence-electron chi connectivity index (χ4n) is 2.47. The Balaban J connectivity index is 1.92. The summed E-state index contributed by atoms with van der Waals surface area (Å²) < 4.78 is 25.6. The number of carbonyl (C=O) groups excluding carboxylic acids is 2. The highest BCUT2D eigenvalue weighted by molar-refractivity contribution is 5.90. The summed E-state index contributed by atoms with van der Waals surface area (Å²) >= 11 is 0. The molecule has 2 N–H and O–H groups in total. The zero-order chi connectivity index (χ0) is 17.9. The van der Waals surface area contributed by atoms with Gasteiger partial charge in [0, 0.05) is 25.2 Å². The van der Waals surface area contributed by atoms with Crippen molar-refractivity contribution in [1.29, 1.82) is 0 Å². The van der Waals surface area contributed by atoms with Crippen molar-refractivity contribution in [2.75, 3.05) is 5.32 Å². The molecule has 0 heterocycles. The fourth-order valence-corrected chi connectivity index (χ4v) is 2.47. The van der Waals surface area contributed by atoms with Crippen LogP contribution in [-0.2, 0) is 11.3 Å². The maximum atomic E-state index is 12.8. The Morgan fingerprint density at radius 2 is 1.79 bits per heavy atom. The van der Waals surface area contributed by atoms with E-state index in [1.807, 2.05) is 13.8 Å². The van der Waals surface area contributed by atoms with Gasteiger partial charge < -0.3 is 15.5 Å². The molecule has 1 saturated carbocycles. The number of urea groups is 1. The molecule has 0 aliphatic heterocycles. The predicted molar refractivity (Wildman–Crippen MR) is 87.9 cm³/mol. The molecule has 0 bridgehead atoms. The van der Waals surface area contributed by atoms with Crippen LogP contribution in [0.1, 0.15) is 39.2 Å². The molecule has 0 saturated heterocycles. The van der Waals surface area contributed by atoms with Crippen LogP contribution in [0.25, 0.3) is 0 Å². The van der Waals surface area contributed by atoms with Gasteiger partial charge in [-0.2, -0.15) is 0 Å². The number of benzene rings is 1. The molecule has 0 radical (unpaired) electrons. The lowest BCUT2D eigenvalue weighted by Crippen LogP contribution is -2.44. The van der Waals surface area contributed by atoms with Gasteiger partial charge in [-0.25, -0.2) is 13.6 Å². The molecular weight excluding hydrogens is 316 g/mol. The molecule has 1 fully saturated rings. The van der Waals surface area contributed by atoms with Gasteiger partial charge in [-0.15, -0.1) is 0 Å². The van der Waals surface area contributed by atoms with E-state index < -0.39 is 18.0 Å². The molecule has 1 aliphatic rings. The van der Waals surface area contributed by atoms with E-state index in [9.17, 15) is 18.4 Å². The van der Waals surface area contributed by atoms with E-state index in [1.165, 1.54) is 6.92 Å². The summed E-state index contributed by atoms with van der Waals surface area (Å²) in [5.74, 6) is -0.00619. The summed E-state index contributed by atoms with van der Waals surface area (Å²) in [4.78, 5) is 25.1. The van der Waals surface area contributed by atoms with Gasteiger partial charge in [0.05, 0.1) is 0 Å². The first-order valence-corrected chi connectivity index (χ1v) is 7.97. The van der Waals surface area contributed by atoms with Gasteiger partial charge in [-0.1, -0.05) is 12.1 Å². The minimum atomic E-state index is -2.56. The SMILES string of the molecule is CC(=O)N(Cc1ccc(NC(=O)NC2(C(F)F)CC2)cc1)C(C)C. The Hall–Kier alpha value is -2.18. The molecule has 0 atom stereocenters. The number of anilines is 1. The Bertz CT molecular complexity index is 598. The maximum Gasteiger partial charge on any atom is 0.319 e. The Morgan fingerprint density at radius 1 is 1.21 bits per heavy atom. The van der Waals surface area contributed by atoms with Crippen LogP contribution in [-0.4, -0.2) is 34.8 Å². The number of amides is 3. The average Bonchev–Trinajstić information content (AvgIpc) is 3.26. The van der Waals surface area contributed by atoms with Crippen molar-refractivity contribution in [3.8, 4) is 0 Å². The van der Waals surface area contributed by atoms with Crippen LogP contribution in [0.5, 0.6) is 0 Å². The number of carbonyl (C=O) groups is 2. The molecule has 1 aromatic carbocycles. The van der Waals surface area contributed by atoms with Crippen LogP contribution in [0.3, 0.4) is 0 Å². The van der Waals surface area contributed by atoms with E-state index in [0.29, 0.717) is 25.1 Å². The second-order valence-electron chi connectivity index (χ2n) is 6.47. The van der Waals surface area contributed by atoms with Crippen molar-refractivity contribution in [3.63, 3.8) is 0 Å². The van der Waals surface area contributed by atoms with E-state index in [-0.39, 0.29) is 11.9 Å². The van der Waals surface area contributed by atoms with Crippen LogP contribution in [0.4, 0.5) is 19.3 Å². The fraction of sp³-hybridized carbons (Fsp3) is 0.529. The summed E-state index contributed by atoms with van der Waals surface area (Å²) in [7, 11) is 0. The van der Waals surface area contributed by atoms with Gasteiger partial charge in [0.2, 0.25) is 5.91 Å². The van der Waals surface area contributed by atoms with E-state index in [4.69, 9.17) is 0 Å². The molecule has 1 aromatic rings. The van der Waals surface area contributed by atoms with Crippen molar-refractivity contribution in [2.45, 2.75) is 58.2 Å². The number of nitrogens with zero attached hydrogens (tertiary/aromatic N) is 1. The summed E-state index contributed by atoms with van der Waals surface area (Å²) in [5.41, 5.74) is 0.0832. The molecular formula is C17H23F2N3O2. The van der Waals surface area contributed by atoms with Crippen LogP contribution >= 0.6 is 0 Å². The normalized spacial score (nSPS) is 15.3. The number of hydrogen-bond acceptors (Lipinski definition) is 2. The second kappa shape index (κ2) is 7.15. The van der Waals surface area contributed by atoms with Crippen LogP contribution < -0.4 is 10.6 Å². The number of alkyl halides is 2. The highest BCUT2D eigenvalue weighted by Gasteiger charge is 2.52. The first kappa shape index (κ1) is 18.2. The molecule has 1 aliphatic carbocycles. The third-order valence-electron chi connectivity index (χ3n) is 4.16. The lowest BCUT2D eigenvalue weighted by atomic mass is 10.1. The molecule has 24 heavy (non-hydrogen) atoms. The highest BCUT2D eigenvalue weighted by atomic mass is 19.3. The molecule has 7 heteroatoms. The van der Waals surface area contributed by atoms with Gasteiger partial charge in [-0.05, 0) is 44.4 Å². The van der Waals surface area contributed by atoms with Gasteiger partial charge >= 0.3 is 6.03 Å². The Morgan fingerprint density at radius 3 is 2.21 bits per heavy atom. The maximum absolute atomic E-state index is 12.8. The second-order valence-corrected chi connectivity index (χ2v) is 6.47. The van der Waals surface area contributed by atoms with Crippen LogP contribution in [0.2, 0.25) is 0 Å². The predicted octanol–water partition coefficient (Wildman–Crippen LogP) is 3.36. The topological polar surface area (TPSA) is 61.4 Å². The molecule has 0 aromatic heterocycles. The molecule has 2 rings (SSSR count). The first-order chi connectivity index (χ1) is 11.2. The van der Waals surface area contributed by atoms with Gasteiger partial charge in [0.1, 0.15) is 5.54 Å². The lowest BCUT2D eigenvalue weighted by Gasteiger charge is -2.25. The molecule has 132 valence electrons. The van der Waals surface area contributed by atoms with Crippen molar-refractivity contribution in [2.24, 2.45) is 0 Å². The zero-order valence-corrected chi connectivity index (χ0v) is 14.1. The standard InChI is InChI=1S/C17H23F2N3O2/c1-11(2)22(12(3)23)10-13-4-6-14(7-5-13)20-16(24)21-17(8-9-17)15(18)19/h4-7,11,15H,8-10H2,1-3H3,(H2,20,21,24). The van der Waals surface area contributed by atoms with E-state index in [1.54, 1.807) is 29.2 Å². The summed E-state index contributed by atoms with van der Waals surface area (Å²) in [6.45, 7) is 5.89. The van der Waals surface area contributed by atoms with E-state index >= 15 is 0 Å². The van der Waals surface area contributed by atoms with Crippen molar-refractivity contribution in [3.05, 3.63) is 29.8 Å². The van der Waals surface area contributed by atoms with Crippen molar-refractivity contribution < 1.29 is 18.4 Å². The Labute approximate surface area is 140 Å². The molecule has 0 unspecified atom stereocenters. The third kappa shape index (κ3) is 4.43. The van der Waals surface area contributed by atoms with Crippen LogP contribution in [0, 0.1) is 0 Å². The minimum Gasteiger partial charge on any atom is -0.336 e. The van der Waals surface area contributed by atoms with Gasteiger partial charge in [0.25, 0.3) is 6.43 Å². The number of halogens is 2. The average molecular weight is 339 g/mol. The zero-order valence-electron chi connectivity index (χ0n) is 14.1. The molecule has 0 spiro atoms. The summed E-state index contributed by atoms with van der Waals surface area (Å²) in [6.07, 6.45) is -1.96.